The molecule has 0 heterocycles. The van der Waals surface area contributed by atoms with Gasteiger partial charge in [0, 0.05) is 17.0 Å². The lowest BCUT2D eigenvalue weighted by Gasteiger charge is -2.28. The van der Waals surface area contributed by atoms with Crippen molar-refractivity contribution in [3.05, 3.63) is 64.7 Å². The average molecular weight is 407 g/mol. The van der Waals surface area contributed by atoms with Gasteiger partial charge < -0.3 is 9.84 Å². The van der Waals surface area contributed by atoms with Crippen molar-refractivity contribution < 1.29 is 32.2 Å². The van der Waals surface area contributed by atoms with E-state index in [0.29, 0.717) is 30.8 Å². The van der Waals surface area contributed by atoms with Gasteiger partial charge >= 0.3 is 5.97 Å². The van der Waals surface area contributed by atoms with Crippen molar-refractivity contribution in [1.82, 2.24) is 0 Å². The summed E-state index contributed by atoms with van der Waals surface area (Å²) in [5.74, 6) is -11.3. The summed E-state index contributed by atoms with van der Waals surface area (Å²) >= 11 is 0. The van der Waals surface area contributed by atoms with E-state index in [4.69, 9.17) is 4.74 Å². The second kappa shape index (κ2) is 7.74. The van der Waals surface area contributed by atoms with Gasteiger partial charge in [-0.05, 0) is 37.5 Å². The van der Waals surface area contributed by atoms with Gasteiger partial charge in [0.15, 0.2) is 23.3 Å². The molecule has 1 saturated carbocycles. The van der Waals surface area contributed by atoms with Crippen LogP contribution in [-0.2, 0) is 10.2 Å². The average Bonchev–Trinajstić information content (AvgIpc) is 3.47. The first kappa shape index (κ1) is 20.6. The van der Waals surface area contributed by atoms with E-state index in [9.17, 15) is 32.7 Å². The minimum Gasteiger partial charge on any atom is -0.494 e. The third-order valence-corrected chi connectivity index (χ3v) is 5.32. The summed E-state index contributed by atoms with van der Waals surface area (Å²) in [5.41, 5.74) is -1.74. The van der Waals surface area contributed by atoms with Crippen LogP contribution in [0.3, 0.4) is 0 Å². The fraction of sp³-hybridized carbons (Fsp3) is 0.333. The zero-order valence-corrected chi connectivity index (χ0v) is 15.4. The van der Waals surface area contributed by atoms with Crippen LogP contribution in [0.15, 0.2) is 30.3 Å². The summed E-state index contributed by atoms with van der Waals surface area (Å²) in [7, 11) is 0. The molecule has 0 saturated heterocycles. The van der Waals surface area contributed by atoms with Gasteiger partial charge in [-0.15, -0.1) is 0 Å². The predicted octanol–water partition coefficient (Wildman–Crippen LogP) is 4.68. The highest BCUT2D eigenvalue weighted by atomic mass is 19.2. The highest BCUT2D eigenvalue weighted by Crippen LogP contribution is 2.58. The number of nitriles is 1. The van der Waals surface area contributed by atoms with E-state index in [1.165, 1.54) is 0 Å². The van der Waals surface area contributed by atoms with Gasteiger partial charge in [0.05, 0.1) is 24.5 Å². The van der Waals surface area contributed by atoms with E-state index in [1.54, 1.807) is 37.3 Å². The van der Waals surface area contributed by atoms with Gasteiger partial charge in [-0.3, -0.25) is 4.79 Å². The normalized spacial score (nSPS) is 16.6. The first-order chi connectivity index (χ1) is 13.8. The maximum Gasteiger partial charge on any atom is 0.309 e. The molecule has 1 N–H and O–H groups in total. The summed E-state index contributed by atoms with van der Waals surface area (Å²) < 4.78 is 61.3. The van der Waals surface area contributed by atoms with Crippen LogP contribution in [0.2, 0.25) is 0 Å². The highest BCUT2D eigenvalue weighted by molar-refractivity contribution is 5.76. The molecule has 3 rings (SSSR count). The van der Waals surface area contributed by atoms with Crippen LogP contribution in [0.25, 0.3) is 0 Å². The molecular weight excluding hydrogens is 390 g/mol. The quantitative estimate of drug-likeness (QED) is 0.534. The van der Waals surface area contributed by atoms with Crippen molar-refractivity contribution in [3.8, 4) is 11.8 Å². The number of halogens is 4. The number of rotatable bonds is 7. The van der Waals surface area contributed by atoms with Gasteiger partial charge in [0.25, 0.3) is 0 Å². The molecule has 1 aliphatic carbocycles. The summed E-state index contributed by atoms with van der Waals surface area (Å²) in [6.07, 6.45) is 0.689. The van der Waals surface area contributed by atoms with Gasteiger partial charge in [-0.25, -0.2) is 17.6 Å². The van der Waals surface area contributed by atoms with Gasteiger partial charge in [-0.1, -0.05) is 12.1 Å². The van der Waals surface area contributed by atoms with Gasteiger partial charge in [-0.2, -0.15) is 5.26 Å². The van der Waals surface area contributed by atoms with E-state index >= 15 is 0 Å². The molecule has 1 fully saturated rings. The zero-order chi connectivity index (χ0) is 21.3. The molecule has 29 heavy (non-hydrogen) atoms. The second-order valence-corrected chi connectivity index (χ2v) is 6.92. The fourth-order valence-electron chi connectivity index (χ4n) is 3.83. The van der Waals surface area contributed by atoms with Crippen LogP contribution in [0.5, 0.6) is 5.75 Å². The minimum atomic E-state index is -1.92. The molecule has 1 aliphatic rings. The smallest absolute Gasteiger partial charge is 0.309 e. The molecular formula is C21H17F4NO3. The number of benzene rings is 2. The molecule has 0 aliphatic heterocycles. The van der Waals surface area contributed by atoms with E-state index in [-0.39, 0.29) is 6.07 Å². The van der Waals surface area contributed by atoms with Crippen LogP contribution in [0.4, 0.5) is 17.6 Å². The van der Waals surface area contributed by atoms with Gasteiger partial charge in [0.2, 0.25) is 0 Å². The number of hydrogen-bond donors (Lipinski definition) is 1. The van der Waals surface area contributed by atoms with Gasteiger partial charge in [0.1, 0.15) is 5.75 Å². The highest BCUT2D eigenvalue weighted by Gasteiger charge is 2.58. The Morgan fingerprint density at radius 1 is 1.17 bits per heavy atom. The number of aliphatic carboxylic acids is 1. The standard InChI is InChI=1S/C21H17F4NO3/c1-2-29-12-5-3-11(4-6-12)21(7-8-21)17(20(27)28)13(10-26)16-18(24)14(22)9-15(23)19(16)25/h3-6,9,13,17H,2,7-8H2,1H3,(H,27,28). The predicted molar refractivity (Wildman–Crippen MR) is 94.3 cm³/mol. The zero-order valence-electron chi connectivity index (χ0n) is 15.4. The molecule has 0 amide bonds. The number of carbonyl (C=O) groups is 1. The van der Waals surface area contributed by atoms with Crippen LogP contribution in [0.1, 0.15) is 36.8 Å². The first-order valence-corrected chi connectivity index (χ1v) is 8.95. The Morgan fingerprint density at radius 2 is 1.72 bits per heavy atom. The lowest BCUT2D eigenvalue weighted by atomic mass is 9.72. The third kappa shape index (κ3) is 3.53. The van der Waals surface area contributed by atoms with Crippen LogP contribution >= 0.6 is 0 Å². The Hall–Kier alpha value is -3.08. The first-order valence-electron chi connectivity index (χ1n) is 8.95. The monoisotopic (exact) mass is 407 g/mol. The lowest BCUT2D eigenvalue weighted by Crippen LogP contribution is -2.34. The minimum absolute atomic E-state index is 0.0255. The van der Waals surface area contributed by atoms with Crippen molar-refractivity contribution in [3.63, 3.8) is 0 Å². The van der Waals surface area contributed by atoms with Crippen molar-refractivity contribution in [1.29, 1.82) is 5.26 Å². The topological polar surface area (TPSA) is 70.3 Å². The molecule has 0 spiro atoms. The fourth-order valence-corrected chi connectivity index (χ4v) is 3.83. The van der Waals surface area contributed by atoms with E-state index in [2.05, 4.69) is 0 Å². The second-order valence-electron chi connectivity index (χ2n) is 6.92. The maximum atomic E-state index is 14.3. The summed E-state index contributed by atoms with van der Waals surface area (Å²) in [5, 5.41) is 19.4. The van der Waals surface area contributed by atoms with Crippen molar-refractivity contribution >= 4 is 5.97 Å². The molecule has 0 bridgehead atoms. The lowest BCUT2D eigenvalue weighted by molar-refractivity contribution is -0.143. The number of carboxylic acid groups (broad SMARTS) is 1. The molecule has 2 atom stereocenters. The van der Waals surface area contributed by atoms with Crippen molar-refractivity contribution in [2.24, 2.45) is 5.92 Å². The van der Waals surface area contributed by atoms with E-state index in [0.717, 1.165) is 0 Å². The van der Waals surface area contributed by atoms with E-state index < -0.39 is 52.1 Å². The number of ether oxygens (including phenoxy) is 1. The summed E-state index contributed by atoms with van der Waals surface area (Å²) in [6, 6.07) is 8.10. The SMILES string of the molecule is CCOc1ccc(C2(C(C(=O)O)C(C#N)c3c(F)c(F)cc(F)c3F)CC2)cc1. The van der Waals surface area contributed by atoms with Crippen molar-refractivity contribution in [2.45, 2.75) is 31.1 Å². The molecule has 2 unspecified atom stereocenters. The molecule has 152 valence electrons. The molecule has 4 nitrogen and oxygen atoms in total. The Balaban J connectivity index is 2.10. The van der Waals surface area contributed by atoms with E-state index in [1.807, 2.05) is 0 Å². The molecule has 8 heteroatoms. The number of nitrogens with zero attached hydrogens (tertiary/aromatic N) is 1. The molecule has 2 aromatic rings. The maximum absolute atomic E-state index is 14.3. The van der Waals surface area contributed by atoms with Crippen molar-refractivity contribution in [2.75, 3.05) is 6.61 Å². The largest absolute Gasteiger partial charge is 0.494 e. The third-order valence-electron chi connectivity index (χ3n) is 5.32. The van der Waals surface area contributed by atoms with Crippen LogP contribution < -0.4 is 4.74 Å². The number of hydrogen-bond acceptors (Lipinski definition) is 3. The Kier molecular flexibility index (Phi) is 5.51. The Morgan fingerprint density at radius 3 is 2.14 bits per heavy atom. The molecule has 0 radical (unpaired) electrons. The summed E-state index contributed by atoms with van der Waals surface area (Å²) in [6.45, 7) is 2.23. The van der Waals surface area contributed by atoms with Crippen LogP contribution in [0, 0.1) is 40.5 Å². The number of carboxylic acids is 1. The summed E-state index contributed by atoms with van der Waals surface area (Å²) in [4.78, 5) is 12.1. The van der Waals surface area contributed by atoms with Crippen LogP contribution in [-0.4, -0.2) is 17.7 Å². The Bertz CT molecular complexity index is 955. The molecule has 0 aromatic heterocycles. The molecule has 2 aromatic carbocycles. The Labute approximate surface area is 164 Å².